The molecule has 0 aliphatic rings. The quantitative estimate of drug-likeness (QED) is 0.698. The highest BCUT2D eigenvalue weighted by atomic mass is 32.1. The number of furan rings is 1. The van der Waals surface area contributed by atoms with E-state index < -0.39 is 0 Å². The van der Waals surface area contributed by atoms with E-state index in [2.05, 4.69) is 11.2 Å². The third-order valence-corrected chi connectivity index (χ3v) is 4.23. The second kappa shape index (κ2) is 6.62. The van der Waals surface area contributed by atoms with Crippen molar-refractivity contribution in [1.29, 1.82) is 0 Å². The molecule has 0 aliphatic carbocycles. The number of nitrogens with zero attached hydrogens (tertiary/aromatic N) is 2. The molecule has 0 aliphatic heterocycles. The van der Waals surface area contributed by atoms with Crippen molar-refractivity contribution in [3.05, 3.63) is 64.1 Å². The Balaban J connectivity index is 1.74. The van der Waals surface area contributed by atoms with E-state index in [0.717, 1.165) is 12.0 Å². The predicted octanol–water partition coefficient (Wildman–Crippen LogP) is 3.52. The molecule has 0 saturated carbocycles. The van der Waals surface area contributed by atoms with Crippen LogP contribution in [0.25, 0.3) is 0 Å². The van der Waals surface area contributed by atoms with E-state index in [1.54, 1.807) is 41.8 Å². The van der Waals surface area contributed by atoms with Crippen LogP contribution in [0.4, 0.5) is 0 Å². The van der Waals surface area contributed by atoms with Gasteiger partial charge >= 0.3 is 0 Å². The van der Waals surface area contributed by atoms with Crippen LogP contribution in [0.2, 0.25) is 0 Å². The van der Waals surface area contributed by atoms with Gasteiger partial charge in [-0.3, -0.25) is 4.79 Å². The summed E-state index contributed by atoms with van der Waals surface area (Å²) < 4.78 is 10.1. The number of hydrogen-bond acceptors (Lipinski definition) is 5. The average molecular weight is 316 g/mol. The van der Waals surface area contributed by atoms with Gasteiger partial charge in [-0.15, -0.1) is 11.3 Å². The Kier molecular flexibility index (Phi) is 4.39. The maximum atomic E-state index is 12.6. The van der Waals surface area contributed by atoms with Crippen molar-refractivity contribution < 1.29 is 13.7 Å². The van der Waals surface area contributed by atoms with Crippen LogP contribution in [0.1, 0.15) is 26.7 Å². The molecule has 0 aromatic carbocycles. The number of aryl methyl sites for hydroxylation is 1. The topological polar surface area (TPSA) is 59.5 Å². The molecule has 114 valence electrons. The molecule has 6 heteroatoms. The summed E-state index contributed by atoms with van der Waals surface area (Å²) in [4.78, 5) is 15.6. The molecule has 0 atom stereocenters. The second-order valence-electron chi connectivity index (χ2n) is 5.01. The molecule has 3 aromatic heterocycles. The summed E-state index contributed by atoms with van der Waals surface area (Å²) in [5.74, 6) is 0.500. The lowest BCUT2D eigenvalue weighted by Gasteiger charge is -2.20. The third kappa shape index (κ3) is 3.46. The van der Waals surface area contributed by atoms with Gasteiger partial charge in [-0.1, -0.05) is 11.2 Å². The Labute approximate surface area is 132 Å². The normalized spacial score (nSPS) is 10.8. The Hall–Kier alpha value is -2.34. The van der Waals surface area contributed by atoms with Crippen LogP contribution in [0.3, 0.4) is 0 Å². The Morgan fingerprint density at radius 2 is 2.32 bits per heavy atom. The average Bonchev–Trinajstić information content (AvgIpc) is 3.25. The van der Waals surface area contributed by atoms with Gasteiger partial charge < -0.3 is 13.8 Å². The highest BCUT2D eigenvalue weighted by Crippen LogP contribution is 2.14. The van der Waals surface area contributed by atoms with Crippen LogP contribution in [0.15, 0.2) is 51.1 Å². The first kappa shape index (κ1) is 14.6. The van der Waals surface area contributed by atoms with Gasteiger partial charge in [0.2, 0.25) is 0 Å². The summed E-state index contributed by atoms with van der Waals surface area (Å²) in [6.07, 6.45) is 4.08. The van der Waals surface area contributed by atoms with E-state index in [1.165, 1.54) is 4.88 Å². The molecule has 1 amide bonds. The van der Waals surface area contributed by atoms with Crippen molar-refractivity contribution in [2.45, 2.75) is 19.9 Å². The Morgan fingerprint density at radius 1 is 1.41 bits per heavy atom. The number of carbonyl (C=O) groups excluding carboxylic acids is 1. The van der Waals surface area contributed by atoms with Gasteiger partial charge in [-0.05, 0) is 30.9 Å². The Morgan fingerprint density at radius 3 is 2.95 bits per heavy atom. The van der Waals surface area contributed by atoms with E-state index in [4.69, 9.17) is 8.94 Å². The monoisotopic (exact) mass is 316 g/mol. The van der Waals surface area contributed by atoms with E-state index in [-0.39, 0.29) is 5.91 Å². The number of hydrogen-bond donors (Lipinski definition) is 0. The summed E-state index contributed by atoms with van der Waals surface area (Å²) in [6.45, 7) is 2.89. The molecule has 0 bridgehead atoms. The van der Waals surface area contributed by atoms with Crippen molar-refractivity contribution in [3.63, 3.8) is 0 Å². The van der Waals surface area contributed by atoms with Crippen LogP contribution in [0.5, 0.6) is 0 Å². The molecule has 0 unspecified atom stereocenters. The first-order valence-electron chi connectivity index (χ1n) is 6.98. The first-order valence-corrected chi connectivity index (χ1v) is 7.86. The van der Waals surface area contributed by atoms with Gasteiger partial charge in [-0.25, -0.2) is 0 Å². The van der Waals surface area contributed by atoms with Crippen molar-refractivity contribution in [3.8, 4) is 0 Å². The van der Waals surface area contributed by atoms with Crippen molar-refractivity contribution in [2.24, 2.45) is 0 Å². The summed E-state index contributed by atoms with van der Waals surface area (Å²) >= 11 is 1.69. The van der Waals surface area contributed by atoms with Crippen molar-refractivity contribution in [2.75, 3.05) is 6.54 Å². The van der Waals surface area contributed by atoms with Crippen molar-refractivity contribution >= 4 is 17.2 Å². The number of aromatic nitrogens is 1. The minimum atomic E-state index is -0.130. The SMILES string of the molecule is Cc1cc(C(=O)N(CCc2cccs2)Cc2ccoc2)no1. The minimum Gasteiger partial charge on any atom is -0.472 e. The van der Waals surface area contributed by atoms with Crippen LogP contribution >= 0.6 is 11.3 Å². The molecular weight excluding hydrogens is 300 g/mol. The van der Waals surface area contributed by atoms with E-state index in [1.807, 2.05) is 17.5 Å². The molecule has 0 saturated heterocycles. The number of amides is 1. The van der Waals surface area contributed by atoms with Gasteiger partial charge in [0.1, 0.15) is 5.76 Å². The zero-order chi connectivity index (χ0) is 15.4. The standard InChI is InChI=1S/C16H16N2O3S/c1-12-9-15(17-21-12)16(19)18(10-13-5-7-20-11-13)6-4-14-3-2-8-22-14/h2-3,5,7-9,11H,4,6,10H2,1H3. The van der Waals surface area contributed by atoms with Crippen LogP contribution in [-0.4, -0.2) is 22.5 Å². The third-order valence-electron chi connectivity index (χ3n) is 3.30. The van der Waals surface area contributed by atoms with Gasteiger partial charge in [0.05, 0.1) is 12.5 Å². The van der Waals surface area contributed by atoms with Gasteiger partial charge in [-0.2, -0.15) is 0 Å². The lowest BCUT2D eigenvalue weighted by Crippen LogP contribution is -2.32. The molecule has 5 nitrogen and oxygen atoms in total. The van der Waals surface area contributed by atoms with Crippen molar-refractivity contribution in [1.82, 2.24) is 10.1 Å². The van der Waals surface area contributed by atoms with Gasteiger partial charge in [0.15, 0.2) is 5.69 Å². The number of thiophene rings is 1. The van der Waals surface area contributed by atoms with E-state index in [9.17, 15) is 4.79 Å². The van der Waals surface area contributed by atoms with E-state index >= 15 is 0 Å². The molecule has 22 heavy (non-hydrogen) atoms. The smallest absolute Gasteiger partial charge is 0.276 e. The second-order valence-corrected chi connectivity index (χ2v) is 6.04. The molecule has 3 heterocycles. The van der Waals surface area contributed by atoms with Crippen LogP contribution < -0.4 is 0 Å². The summed E-state index contributed by atoms with van der Waals surface area (Å²) in [5, 5.41) is 5.86. The fourth-order valence-corrected chi connectivity index (χ4v) is 2.88. The summed E-state index contributed by atoms with van der Waals surface area (Å²) in [6, 6.07) is 7.62. The predicted molar refractivity (Wildman–Crippen MR) is 82.7 cm³/mol. The molecule has 3 rings (SSSR count). The van der Waals surface area contributed by atoms with E-state index in [0.29, 0.717) is 24.5 Å². The highest BCUT2D eigenvalue weighted by molar-refractivity contribution is 7.09. The number of carbonyl (C=O) groups is 1. The summed E-state index contributed by atoms with van der Waals surface area (Å²) in [7, 11) is 0. The molecule has 0 spiro atoms. The number of rotatable bonds is 6. The molecule has 3 aromatic rings. The highest BCUT2D eigenvalue weighted by Gasteiger charge is 2.20. The maximum absolute atomic E-state index is 12.6. The minimum absolute atomic E-state index is 0.130. The van der Waals surface area contributed by atoms with Gasteiger partial charge in [0, 0.05) is 29.6 Å². The van der Waals surface area contributed by atoms with Gasteiger partial charge in [0.25, 0.3) is 5.91 Å². The zero-order valence-corrected chi connectivity index (χ0v) is 13.0. The Bertz CT molecular complexity index is 717. The lowest BCUT2D eigenvalue weighted by atomic mass is 10.2. The lowest BCUT2D eigenvalue weighted by molar-refractivity contribution is 0.0734. The molecule has 0 N–H and O–H groups in total. The largest absolute Gasteiger partial charge is 0.472 e. The molecule has 0 radical (unpaired) electrons. The molecular formula is C16H16N2O3S. The van der Waals surface area contributed by atoms with Crippen LogP contribution in [-0.2, 0) is 13.0 Å². The fraction of sp³-hybridized carbons (Fsp3) is 0.250. The maximum Gasteiger partial charge on any atom is 0.276 e. The molecule has 0 fully saturated rings. The van der Waals surface area contributed by atoms with Crippen LogP contribution in [0, 0.1) is 6.92 Å². The summed E-state index contributed by atoms with van der Waals surface area (Å²) in [5.41, 5.74) is 1.30. The zero-order valence-electron chi connectivity index (χ0n) is 12.2. The fourth-order valence-electron chi connectivity index (χ4n) is 2.18. The first-order chi connectivity index (χ1) is 10.7.